The minimum absolute atomic E-state index is 0.00474. The first kappa shape index (κ1) is 20.4. The van der Waals surface area contributed by atoms with Crippen molar-refractivity contribution in [1.82, 2.24) is 9.80 Å². The normalized spacial score (nSPS) is 16.3. The Morgan fingerprint density at radius 3 is 2.46 bits per heavy atom. The zero-order chi connectivity index (χ0) is 18.8. The van der Waals surface area contributed by atoms with Crippen LogP contribution in [-0.4, -0.2) is 80.3 Å². The second kappa shape index (κ2) is 10.9. The number of nitrogens with one attached hydrogen (secondary N) is 1. The quantitative estimate of drug-likeness (QED) is 0.668. The molecule has 0 aromatic heterocycles. The summed E-state index contributed by atoms with van der Waals surface area (Å²) in [5.74, 6) is -0.0431. The summed E-state index contributed by atoms with van der Waals surface area (Å²) in [6.45, 7) is 8.16. The maximum absolute atomic E-state index is 12.4. The molecule has 1 N–H and O–H groups in total. The van der Waals surface area contributed by atoms with Crippen molar-refractivity contribution in [3.05, 3.63) is 30.3 Å². The van der Waals surface area contributed by atoms with Crippen LogP contribution in [0.3, 0.4) is 0 Å². The van der Waals surface area contributed by atoms with Crippen molar-refractivity contribution in [1.29, 1.82) is 0 Å². The Bertz CT molecular complexity index is 559. The molecule has 0 radical (unpaired) electrons. The number of piperazine rings is 1. The highest BCUT2D eigenvalue weighted by atomic mass is 16.5. The fourth-order valence-electron chi connectivity index (χ4n) is 2.81. The van der Waals surface area contributed by atoms with Crippen molar-refractivity contribution in [2.45, 2.75) is 20.0 Å². The summed E-state index contributed by atoms with van der Waals surface area (Å²) in [5.41, 5.74) is 0.796. The van der Waals surface area contributed by atoms with Gasteiger partial charge in [-0.3, -0.25) is 14.5 Å². The van der Waals surface area contributed by atoms with E-state index in [1.165, 1.54) is 0 Å². The van der Waals surface area contributed by atoms with Gasteiger partial charge in [-0.15, -0.1) is 0 Å². The fourth-order valence-corrected chi connectivity index (χ4v) is 2.81. The van der Waals surface area contributed by atoms with Crippen LogP contribution in [0.4, 0.5) is 5.69 Å². The summed E-state index contributed by atoms with van der Waals surface area (Å²) in [4.78, 5) is 28.4. The van der Waals surface area contributed by atoms with Gasteiger partial charge in [-0.2, -0.15) is 0 Å². The van der Waals surface area contributed by atoms with Crippen LogP contribution in [0.5, 0.6) is 0 Å². The summed E-state index contributed by atoms with van der Waals surface area (Å²) in [6.07, 6.45) is -0.469. The monoisotopic (exact) mass is 363 g/mol. The van der Waals surface area contributed by atoms with Gasteiger partial charge in [-0.25, -0.2) is 0 Å². The van der Waals surface area contributed by atoms with Gasteiger partial charge < -0.3 is 19.7 Å². The number of carbonyl (C=O) groups excluding carboxylic acids is 2. The van der Waals surface area contributed by atoms with Gasteiger partial charge in [0.2, 0.25) is 5.91 Å². The summed E-state index contributed by atoms with van der Waals surface area (Å²) < 4.78 is 10.7. The van der Waals surface area contributed by atoms with Gasteiger partial charge >= 0.3 is 0 Å². The first-order chi connectivity index (χ1) is 12.6. The molecular weight excluding hydrogens is 334 g/mol. The number of hydrogen-bond acceptors (Lipinski definition) is 5. The molecule has 1 atom stereocenters. The molecule has 1 fully saturated rings. The molecule has 0 saturated carbocycles. The predicted octanol–water partition coefficient (Wildman–Crippen LogP) is 1.21. The molecule has 1 aliphatic rings. The van der Waals surface area contributed by atoms with Crippen LogP contribution in [0.15, 0.2) is 30.3 Å². The van der Waals surface area contributed by atoms with E-state index in [2.05, 4.69) is 10.2 Å². The van der Waals surface area contributed by atoms with Crippen LogP contribution in [-0.2, 0) is 19.1 Å². The SMILES string of the molecule is CCOCCOC(C)C(=O)N1CCN(CC(=O)Nc2ccccc2)CC1. The van der Waals surface area contributed by atoms with E-state index in [0.29, 0.717) is 52.5 Å². The number of nitrogens with zero attached hydrogens (tertiary/aromatic N) is 2. The third-order valence-electron chi connectivity index (χ3n) is 4.26. The molecule has 1 aromatic carbocycles. The molecule has 144 valence electrons. The van der Waals surface area contributed by atoms with E-state index < -0.39 is 6.10 Å². The molecule has 1 aromatic rings. The summed E-state index contributed by atoms with van der Waals surface area (Å²) in [7, 11) is 0. The van der Waals surface area contributed by atoms with E-state index in [1.54, 1.807) is 11.8 Å². The van der Waals surface area contributed by atoms with Crippen molar-refractivity contribution >= 4 is 17.5 Å². The number of anilines is 1. The number of ether oxygens (including phenoxy) is 2. The Morgan fingerprint density at radius 2 is 1.81 bits per heavy atom. The van der Waals surface area contributed by atoms with Crippen molar-refractivity contribution in [3.63, 3.8) is 0 Å². The Morgan fingerprint density at radius 1 is 1.12 bits per heavy atom. The Balaban J connectivity index is 1.67. The van der Waals surface area contributed by atoms with Gasteiger partial charge in [0.05, 0.1) is 19.8 Å². The van der Waals surface area contributed by atoms with Crippen molar-refractivity contribution < 1.29 is 19.1 Å². The zero-order valence-electron chi connectivity index (χ0n) is 15.6. The molecule has 1 heterocycles. The van der Waals surface area contributed by atoms with Gasteiger partial charge in [0.1, 0.15) is 6.10 Å². The second-order valence-corrected chi connectivity index (χ2v) is 6.23. The summed E-state index contributed by atoms with van der Waals surface area (Å²) in [5, 5.41) is 2.88. The summed E-state index contributed by atoms with van der Waals surface area (Å²) in [6, 6.07) is 9.41. The van der Waals surface area contributed by atoms with E-state index in [9.17, 15) is 9.59 Å². The average molecular weight is 363 g/mol. The number of hydrogen-bond donors (Lipinski definition) is 1. The number of carbonyl (C=O) groups is 2. The highest BCUT2D eigenvalue weighted by molar-refractivity contribution is 5.92. The lowest BCUT2D eigenvalue weighted by molar-refractivity contribution is -0.145. The van der Waals surface area contributed by atoms with Crippen LogP contribution >= 0.6 is 0 Å². The molecule has 0 aliphatic carbocycles. The Labute approximate surface area is 155 Å². The summed E-state index contributed by atoms with van der Waals surface area (Å²) >= 11 is 0. The topological polar surface area (TPSA) is 71.1 Å². The van der Waals surface area contributed by atoms with Crippen LogP contribution in [0.1, 0.15) is 13.8 Å². The predicted molar refractivity (Wildman–Crippen MR) is 100.0 cm³/mol. The van der Waals surface area contributed by atoms with E-state index in [0.717, 1.165) is 5.69 Å². The number of amides is 2. The zero-order valence-corrected chi connectivity index (χ0v) is 15.6. The molecule has 2 rings (SSSR count). The van der Waals surface area contributed by atoms with Gasteiger partial charge in [0.15, 0.2) is 0 Å². The highest BCUT2D eigenvalue weighted by Crippen LogP contribution is 2.08. The largest absolute Gasteiger partial charge is 0.379 e. The third kappa shape index (κ3) is 6.74. The van der Waals surface area contributed by atoms with Crippen LogP contribution in [0, 0.1) is 0 Å². The molecule has 7 nitrogen and oxygen atoms in total. The number of rotatable bonds is 9. The molecular formula is C19H29N3O4. The highest BCUT2D eigenvalue weighted by Gasteiger charge is 2.26. The smallest absolute Gasteiger partial charge is 0.251 e. The number of para-hydroxylation sites is 1. The Hall–Kier alpha value is -1.96. The average Bonchev–Trinajstić information content (AvgIpc) is 2.66. The first-order valence-corrected chi connectivity index (χ1v) is 9.15. The fraction of sp³-hybridized carbons (Fsp3) is 0.579. The van der Waals surface area contributed by atoms with E-state index in [-0.39, 0.29) is 11.8 Å². The Kier molecular flexibility index (Phi) is 8.53. The molecule has 1 saturated heterocycles. The lowest BCUT2D eigenvalue weighted by atomic mass is 10.2. The minimum Gasteiger partial charge on any atom is -0.379 e. The first-order valence-electron chi connectivity index (χ1n) is 9.15. The lowest BCUT2D eigenvalue weighted by Gasteiger charge is -2.35. The molecule has 26 heavy (non-hydrogen) atoms. The third-order valence-corrected chi connectivity index (χ3v) is 4.26. The van der Waals surface area contributed by atoms with Crippen LogP contribution in [0.25, 0.3) is 0 Å². The molecule has 0 bridgehead atoms. The maximum Gasteiger partial charge on any atom is 0.251 e. The minimum atomic E-state index is -0.469. The van der Waals surface area contributed by atoms with Gasteiger partial charge in [0, 0.05) is 38.5 Å². The lowest BCUT2D eigenvalue weighted by Crippen LogP contribution is -2.52. The molecule has 1 unspecified atom stereocenters. The standard InChI is InChI=1S/C19H29N3O4/c1-3-25-13-14-26-16(2)19(24)22-11-9-21(10-12-22)15-18(23)20-17-7-5-4-6-8-17/h4-8,16H,3,9-15H2,1-2H3,(H,20,23). The van der Waals surface area contributed by atoms with E-state index in [1.807, 2.05) is 37.3 Å². The van der Waals surface area contributed by atoms with Crippen LogP contribution in [0.2, 0.25) is 0 Å². The molecule has 2 amide bonds. The van der Waals surface area contributed by atoms with Crippen molar-refractivity contribution in [3.8, 4) is 0 Å². The van der Waals surface area contributed by atoms with Gasteiger partial charge in [0.25, 0.3) is 5.91 Å². The maximum atomic E-state index is 12.4. The van der Waals surface area contributed by atoms with Crippen molar-refractivity contribution in [2.24, 2.45) is 0 Å². The van der Waals surface area contributed by atoms with Gasteiger partial charge in [-0.1, -0.05) is 18.2 Å². The number of benzene rings is 1. The van der Waals surface area contributed by atoms with E-state index >= 15 is 0 Å². The van der Waals surface area contributed by atoms with E-state index in [4.69, 9.17) is 9.47 Å². The second-order valence-electron chi connectivity index (χ2n) is 6.23. The molecule has 1 aliphatic heterocycles. The molecule has 7 heteroatoms. The molecule has 0 spiro atoms. The van der Waals surface area contributed by atoms with Crippen LogP contribution < -0.4 is 5.32 Å². The van der Waals surface area contributed by atoms with Gasteiger partial charge in [-0.05, 0) is 26.0 Å². The van der Waals surface area contributed by atoms with Crippen molar-refractivity contribution in [2.75, 3.05) is 57.9 Å².